The number of benzene rings is 1. The summed E-state index contributed by atoms with van der Waals surface area (Å²) in [5.41, 5.74) is 0.820. The molecule has 0 bridgehead atoms. The van der Waals surface area contributed by atoms with Gasteiger partial charge in [0.15, 0.2) is 0 Å². The summed E-state index contributed by atoms with van der Waals surface area (Å²) in [6.07, 6.45) is 0. The van der Waals surface area contributed by atoms with E-state index in [0.717, 1.165) is 0 Å². The van der Waals surface area contributed by atoms with Crippen molar-refractivity contribution in [3.8, 4) is 0 Å². The molecule has 62 valence electrons. The smallest absolute Gasteiger partial charge is 0.129 e. The van der Waals surface area contributed by atoms with Crippen LogP contribution in [0, 0.1) is 16.7 Å². The normalized spacial score (nSPS) is 9.50. The van der Waals surface area contributed by atoms with Crippen LogP contribution in [0.5, 0.6) is 0 Å². The predicted molar refractivity (Wildman–Crippen MR) is 47.1 cm³/mol. The molecule has 0 aliphatic heterocycles. The summed E-state index contributed by atoms with van der Waals surface area (Å²) in [5.74, 6) is 0. The Kier molecular flexibility index (Phi) is 2.50. The Hall–Kier alpha value is -1.29. The quantitative estimate of drug-likeness (QED) is 0.661. The van der Waals surface area contributed by atoms with Crippen molar-refractivity contribution < 1.29 is 0 Å². The van der Waals surface area contributed by atoms with Crippen molar-refractivity contribution in [1.29, 1.82) is 0 Å². The van der Waals surface area contributed by atoms with E-state index < -0.39 is 0 Å². The number of hydrogen-bond donors (Lipinski definition) is 0. The fraction of sp³-hybridized carbons (Fsp3) is 0.143. The van der Waals surface area contributed by atoms with Crippen molar-refractivity contribution in [1.82, 2.24) is 0 Å². The lowest BCUT2D eigenvalue weighted by Crippen LogP contribution is -1.75. The monoisotopic (exact) mass is 184 g/mol. The van der Waals surface area contributed by atoms with E-state index in [2.05, 4.69) is 10.4 Å². The second-order valence-electron chi connectivity index (χ2n) is 2.28. The zero-order chi connectivity index (χ0) is 9.14. The first kappa shape index (κ1) is 8.80. The number of nitrogens with zero attached hydrogens (tertiary/aromatic N) is 2. The summed E-state index contributed by atoms with van der Waals surface area (Å²) in [4.78, 5) is 20.3. The van der Waals surface area contributed by atoms with Crippen molar-refractivity contribution in [3.63, 3.8) is 0 Å². The lowest BCUT2D eigenvalue weighted by atomic mass is 10.2. The molecule has 1 rings (SSSR count). The summed E-state index contributed by atoms with van der Waals surface area (Å²) in [5, 5.41) is 5.59. The molecule has 12 heavy (non-hydrogen) atoms. The molecule has 0 radical (unpaired) electrons. The van der Waals surface area contributed by atoms with Crippen LogP contribution in [0.15, 0.2) is 22.5 Å². The Balaban J connectivity index is 3.37. The van der Waals surface area contributed by atoms with Gasteiger partial charge >= 0.3 is 0 Å². The van der Waals surface area contributed by atoms with Gasteiger partial charge in [-0.2, -0.15) is 0 Å². The Morgan fingerprint density at radius 2 is 1.92 bits per heavy atom. The van der Waals surface area contributed by atoms with Crippen molar-refractivity contribution in [2.24, 2.45) is 10.4 Å². The van der Waals surface area contributed by atoms with Crippen LogP contribution in [0.3, 0.4) is 0 Å². The average molecular weight is 185 g/mol. The SMILES string of the molecule is Cc1cc(N=O)cc(N=O)c1Cl. The molecule has 0 heterocycles. The van der Waals surface area contributed by atoms with Crippen LogP contribution in [0.1, 0.15) is 5.56 Å². The van der Waals surface area contributed by atoms with Gasteiger partial charge in [0, 0.05) is 0 Å². The minimum atomic E-state index is 0.0475. The molecule has 0 unspecified atom stereocenters. The van der Waals surface area contributed by atoms with E-state index in [9.17, 15) is 9.81 Å². The number of hydrogen-bond acceptors (Lipinski definition) is 4. The van der Waals surface area contributed by atoms with Gasteiger partial charge in [-0.05, 0) is 35.0 Å². The molecule has 0 fully saturated rings. The van der Waals surface area contributed by atoms with Gasteiger partial charge in [0.2, 0.25) is 0 Å². The van der Waals surface area contributed by atoms with E-state index in [0.29, 0.717) is 5.56 Å². The third-order valence-electron chi connectivity index (χ3n) is 1.42. The third kappa shape index (κ3) is 1.48. The van der Waals surface area contributed by atoms with Crippen LogP contribution in [-0.4, -0.2) is 0 Å². The maximum atomic E-state index is 10.2. The minimum Gasteiger partial charge on any atom is -0.145 e. The molecule has 0 atom stereocenters. The van der Waals surface area contributed by atoms with Crippen LogP contribution >= 0.6 is 11.6 Å². The van der Waals surface area contributed by atoms with E-state index >= 15 is 0 Å². The molecule has 1 aromatic rings. The molecule has 0 spiro atoms. The van der Waals surface area contributed by atoms with Crippen molar-refractivity contribution >= 4 is 23.0 Å². The maximum absolute atomic E-state index is 10.2. The Bertz CT molecular complexity index is 338. The predicted octanol–water partition coefficient (Wildman–Crippen LogP) is 3.44. The highest BCUT2D eigenvalue weighted by molar-refractivity contribution is 6.33. The number of halogens is 1. The van der Waals surface area contributed by atoms with E-state index in [1.54, 1.807) is 6.92 Å². The number of aryl methyl sites for hydroxylation is 1. The second-order valence-corrected chi connectivity index (χ2v) is 2.66. The summed E-state index contributed by atoms with van der Waals surface area (Å²) in [6.45, 7) is 1.67. The number of rotatable bonds is 2. The first-order chi connectivity index (χ1) is 5.69. The summed E-state index contributed by atoms with van der Waals surface area (Å²) in [6, 6.07) is 2.74. The van der Waals surface area contributed by atoms with Gasteiger partial charge in [-0.15, -0.1) is 9.81 Å². The van der Waals surface area contributed by atoms with E-state index in [-0.39, 0.29) is 16.4 Å². The molecule has 0 aliphatic rings. The van der Waals surface area contributed by atoms with Crippen LogP contribution in [0.4, 0.5) is 11.4 Å². The highest BCUT2D eigenvalue weighted by Crippen LogP contribution is 2.32. The topological polar surface area (TPSA) is 58.9 Å². The van der Waals surface area contributed by atoms with Crippen LogP contribution in [-0.2, 0) is 0 Å². The molecule has 1 aromatic carbocycles. The van der Waals surface area contributed by atoms with Gasteiger partial charge in [0.1, 0.15) is 11.4 Å². The van der Waals surface area contributed by atoms with Crippen LogP contribution < -0.4 is 0 Å². The zero-order valence-corrected chi connectivity index (χ0v) is 7.00. The first-order valence-corrected chi connectivity index (χ1v) is 3.53. The second kappa shape index (κ2) is 3.40. The molecule has 0 saturated heterocycles. The van der Waals surface area contributed by atoms with Gasteiger partial charge in [0.25, 0.3) is 0 Å². The average Bonchev–Trinajstić information content (AvgIpc) is 2.09. The Morgan fingerprint density at radius 1 is 1.25 bits per heavy atom. The largest absolute Gasteiger partial charge is 0.145 e. The van der Waals surface area contributed by atoms with Crippen molar-refractivity contribution in [2.45, 2.75) is 6.92 Å². The van der Waals surface area contributed by atoms with Gasteiger partial charge in [-0.1, -0.05) is 11.6 Å². The van der Waals surface area contributed by atoms with E-state index in [1.807, 2.05) is 0 Å². The summed E-state index contributed by atoms with van der Waals surface area (Å²) in [7, 11) is 0. The maximum Gasteiger partial charge on any atom is 0.129 e. The van der Waals surface area contributed by atoms with Gasteiger partial charge in [-0.25, -0.2) is 0 Å². The zero-order valence-electron chi connectivity index (χ0n) is 6.24. The molecular weight excluding hydrogens is 180 g/mol. The number of nitroso groups, excluding NO2 is 2. The Labute approximate surface area is 73.5 Å². The lowest BCUT2D eigenvalue weighted by molar-refractivity contribution is 1.38. The molecule has 0 aliphatic carbocycles. The standard InChI is InChI=1S/C7H5ClN2O2/c1-4-2-5(9-11)3-6(10-12)7(4)8/h2-3H,1H3. The highest BCUT2D eigenvalue weighted by Gasteiger charge is 2.06. The highest BCUT2D eigenvalue weighted by atomic mass is 35.5. The first-order valence-electron chi connectivity index (χ1n) is 3.16. The van der Waals surface area contributed by atoms with Crippen LogP contribution in [0.25, 0.3) is 0 Å². The van der Waals surface area contributed by atoms with Crippen molar-refractivity contribution in [2.75, 3.05) is 0 Å². The molecular formula is C7H5ClN2O2. The minimum absolute atomic E-state index is 0.0475. The van der Waals surface area contributed by atoms with E-state index in [1.165, 1.54) is 12.1 Å². The summed E-state index contributed by atoms with van der Waals surface area (Å²) < 4.78 is 0. The lowest BCUT2D eigenvalue weighted by Gasteiger charge is -1.99. The van der Waals surface area contributed by atoms with Gasteiger partial charge in [0.05, 0.1) is 5.02 Å². The molecule has 0 aromatic heterocycles. The van der Waals surface area contributed by atoms with Gasteiger partial charge < -0.3 is 0 Å². The Morgan fingerprint density at radius 3 is 2.42 bits per heavy atom. The molecule has 0 amide bonds. The van der Waals surface area contributed by atoms with E-state index in [4.69, 9.17) is 11.6 Å². The fourth-order valence-electron chi connectivity index (χ4n) is 0.851. The fourth-order valence-corrected chi connectivity index (χ4v) is 0.995. The van der Waals surface area contributed by atoms with Crippen LogP contribution in [0.2, 0.25) is 5.02 Å². The van der Waals surface area contributed by atoms with Crippen molar-refractivity contribution in [3.05, 3.63) is 32.5 Å². The summed E-state index contributed by atoms with van der Waals surface area (Å²) >= 11 is 5.68. The molecule has 0 N–H and O–H groups in total. The third-order valence-corrected chi connectivity index (χ3v) is 1.92. The van der Waals surface area contributed by atoms with Gasteiger partial charge in [-0.3, -0.25) is 0 Å². The molecule has 4 nitrogen and oxygen atoms in total. The molecule has 0 saturated carbocycles. The molecule has 5 heteroatoms.